The lowest BCUT2D eigenvalue weighted by atomic mass is 9.90. The molecule has 0 radical (unpaired) electrons. The second-order valence-electron chi connectivity index (χ2n) is 11.1. The van der Waals surface area contributed by atoms with Gasteiger partial charge in [0.1, 0.15) is 11.9 Å². The van der Waals surface area contributed by atoms with Crippen LogP contribution in [0.2, 0.25) is 0 Å². The Labute approximate surface area is 250 Å². The molecular weight excluding hydrogens is 542 g/mol. The zero-order valence-electron chi connectivity index (χ0n) is 24.1. The number of carboxylic acids is 1. The molecule has 3 aliphatic heterocycles. The number of allylic oxidation sites excluding steroid dienone is 3. The highest BCUT2D eigenvalue weighted by Crippen LogP contribution is 2.38. The number of aromatic nitrogens is 1. The van der Waals surface area contributed by atoms with Gasteiger partial charge >= 0.3 is 5.97 Å². The van der Waals surface area contributed by atoms with E-state index in [4.69, 9.17) is 0 Å². The molecule has 0 bridgehead atoms. The third kappa shape index (κ3) is 5.66. The molecule has 9 nitrogen and oxygen atoms in total. The zero-order chi connectivity index (χ0) is 30.1. The molecule has 1 fully saturated rings. The average Bonchev–Trinajstić information content (AvgIpc) is 3.40. The van der Waals surface area contributed by atoms with Gasteiger partial charge in [-0.1, -0.05) is 42.5 Å². The number of carbonyl (C=O) groups is 3. The summed E-state index contributed by atoms with van der Waals surface area (Å²) in [6.45, 7) is 6.66. The van der Waals surface area contributed by atoms with Crippen molar-refractivity contribution in [2.45, 2.75) is 25.8 Å². The monoisotopic (exact) mass is 575 g/mol. The molecule has 2 unspecified atom stereocenters. The first kappa shape index (κ1) is 28.0. The summed E-state index contributed by atoms with van der Waals surface area (Å²) in [7, 11) is 0. The summed E-state index contributed by atoms with van der Waals surface area (Å²) in [5.41, 5.74) is 4.80. The SMILES string of the molecule is Cc1cc(C)nc(N2CCN(c3ccc(NC(=O)C(=O)C4C(c5ccccc5)C=C5C=CC=CN54)cc3C(=O)O)CC2)c1. The van der Waals surface area contributed by atoms with Gasteiger partial charge in [0.2, 0.25) is 5.78 Å². The van der Waals surface area contributed by atoms with Gasteiger partial charge in [0, 0.05) is 55.4 Å². The van der Waals surface area contributed by atoms with Gasteiger partial charge < -0.3 is 25.1 Å². The van der Waals surface area contributed by atoms with Gasteiger partial charge in [-0.05, 0) is 67.5 Å². The third-order valence-electron chi connectivity index (χ3n) is 8.10. The molecule has 1 aromatic heterocycles. The standard InChI is InChI=1S/C34H33N5O4/c1-22-18-23(2)35-30(19-22)38-16-14-37(15-17-38)29-12-11-25(20-28(29)34(42)43)36-33(41)32(40)31-27(24-8-4-3-5-9-24)21-26-10-6-7-13-39(26)31/h3-13,18-21,27,31H,14-17H2,1-2H3,(H,36,41)(H,42,43). The highest BCUT2D eigenvalue weighted by molar-refractivity contribution is 6.42. The number of Topliss-reactive ketones (excluding diaryl/α,β-unsaturated/α-hetero) is 1. The van der Waals surface area contributed by atoms with Gasteiger partial charge in [0.25, 0.3) is 5.91 Å². The molecule has 0 spiro atoms. The Morgan fingerprint density at radius 2 is 1.65 bits per heavy atom. The first-order chi connectivity index (χ1) is 20.8. The van der Waals surface area contributed by atoms with E-state index >= 15 is 0 Å². The molecular formula is C34H33N5O4. The summed E-state index contributed by atoms with van der Waals surface area (Å²) in [4.78, 5) is 50.0. The van der Waals surface area contributed by atoms with Crippen LogP contribution in [0.1, 0.15) is 33.1 Å². The normalized spacial score (nSPS) is 19.2. The summed E-state index contributed by atoms with van der Waals surface area (Å²) >= 11 is 0. The molecule has 2 N–H and O–H groups in total. The summed E-state index contributed by atoms with van der Waals surface area (Å²) in [6, 6.07) is 17.8. The molecule has 3 aliphatic rings. The number of hydrogen-bond donors (Lipinski definition) is 2. The second-order valence-corrected chi connectivity index (χ2v) is 11.1. The Morgan fingerprint density at radius 3 is 2.37 bits per heavy atom. The number of nitrogens with one attached hydrogen (secondary N) is 1. The molecule has 0 saturated carbocycles. The summed E-state index contributed by atoms with van der Waals surface area (Å²) in [5.74, 6) is -1.88. The highest BCUT2D eigenvalue weighted by Gasteiger charge is 2.41. The molecule has 6 rings (SSSR count). The maximum Gasteiger partial charge on any atom is 0.337 e. The maximum absolute atomic E-state index is 13.6. The van der Waals surface area contributed by atoms with Crippen molar-refractivity contribution in [3.63, 3.8) is 0 Å². The molecule has 0 aliphatic carbocycles. The van der Waals surface area contributed by atoms with Crippen LogP contribution in [0.15, 0.2) is 96.9 Å². The number of hydrogen-bond acceptors (Lipinski definition) is 7. The molecule has 43 heavy (non-hydrogen) atoms. The van der Waals surface area contributed by atoms with Crippen molar-refractivity contribution >= 4 is 34.9 Å². The van der Waals surface area contributed by atoms with E-state index < -0.39 is 23.7 Å². The Balaban J connectivity index is 1.18. The Bertz CT molecular complexity index is 1650. The maximum atomic E-state index is 13.6. The lowest BCUT2D eigenvalue weighted by Crippen LogP contribution is -2.47. The molecule has 2 aromatic carbocycles. The van der Waals surface area contributed by atoms with Crippen LogP contribution in [-0.2, 0) is 9.59 Å². The minimum atomic E-state index is -1.10. The molecule has 4 heterocycles. The number of carboxylic acid groups (broad SMARTS) is 1. The van der Waals surface area contributed by atoms with Crippen molar-refractivity contribution in [3.05, 3.63) is 119 Å². The fourth-order valence-electron chi connectivity index (χ4n) is 6.10. The number of anilines is 3. The van der Waals surface area contributed by atoms with Crippen molar-refractivity contribution in [2.24, 2.45) is 0 Å². The number of rotatable bonds is 7. The number of piperazine rings is 1. The Morgan fingerprint density at radius 1 is 0.907 bits per heavy atom. The number of benzene rings is 2. The lowest BCUT2D eigenvalue weighted by molar-refractivity contribution is -0.137. The van der Waals surface area contributed by atoms with Crippen LogP contribution in [0.3, 0.4) is 0 Å². The predicted molar refractivity (Wildman–Crippen MR) is 166 cm³/mol. The number of nitrogens with zero attached hydrogens (tertiary/aromatic N) is 4. The van der Waals surface area contributed by atoms with Gasteiger partial charge in [-0.15, -0.1) is 0 Å². The van der Waals surface area contributed by atoms with E-state index in [0.29, 0.717) is 31.9 Å². The molecule has 3 aromatic rings. The first-order valence-corrected chi connectivity index (χ1v) is 14.4. The van der Waals surface area contributed by atoms with Crippen molar-refractivity contribution < 1.29 is 19.5 Å². The number of amides is 1. The second kappa shape index (κ2) is 11.6. The van der Waals surface area contributed by atoms with Gasteiger partial charge in [-0.2, -0.15) is 0 Å². The zero-order valence-corrected chi connectivity index (χ0v) is 24.1. The Hall–Kier alpha value is -5.18. The van der Waals surface area contributed by atoms with E-state index in [-0.39, 0.29) is 17.2 Å². The van der Waals surface area contributed by atoms with Crippen LogP contribution in [0.4, 0.5) is 17.2 Å². The third-order valence-corrected chi connectivity index (χ3v) is 8.10. The van der Waals surface area contributed by atoms with E-state index in [2.05, 4.69) is 21.3 Å². The van der Waals surface area contributed by atoms with Gasteiger partial charge in [-0.3, -0.25) is 9.59 Å². The van der Waals surface area contributed by atoms with Crippen molar-refractivity contribution in [2.75, 3.05) is 41.3 Å². The van der Waals surface area contributed by atoms with Gasteiger partial charge in [0.05, 0.1) is 11.3 Å². The molecule has 218 valence electrons. The fourth-order valence-corrected chi connectivity index (χ4v) is 6.10. The smallest absolute Gasteiger partial charge is 0.337 e. The topological polar surface area (TPSA) is 106 Å². The van der Waals surface area contributed by atoms with Crippen LogP contribution >= 0.6 is 0 Å². The minimum Gasteiger partial charge on any atom is -0.478 e. The van der Waals surface area contributed by atoms with E-state index in [1.807, 2.05) is 84.3 Å². The van der Waals surface area contributed by atoms with Gasteiger partial charge in [-0.25, -0.2) is 9.78 Å². The largest absolute Gasteiger partial charge is 0.478 e. The first-order valence-electron chi connectivity index (χ1n) is 14.4. The Kier molecular flexibility index (Phi) is 7.54. The minimum absolute atomic E-state index is 0.0688. The lowest BCUT2D eigenvalue weighted by Gasteiger charge is -2.37. The van der Waals surface area contributed by atoms with Crippen LogP contribution in [0, 0.1) is 13.8 Å². The molecule has 1 amide bonds. The number of fused-ring (bicyclic) bond motifs is 1. The molecule has 2 atom stereocenters. The highest BCUT2D eigenvalue weighted by atomic mass is 16.4. The van der Waals surface area contributed by atoms with E-state index in [0.717, 1.165) is 28.3 Å². The number of ketones is 1. The molecule has 9 heteroatoms. The van der Waals surface area contributed by atoms with Crippen LogP contribution in [-0.4, -0.2) is 64.9 Å². The van der Waals surface area contributed by atoms with Crippen LogP contribution < -0.4 is 15.1 Å². The fraction of sp³-hybridized carbons (Fsp3) is 0.235. The number of aromatic carboxylic acids is 1. The summed E-state index contributed by atoms with van der Waals surface area (Å²) in [5, 5.41) is 12.7. The number of carbonyl (C=O) groups excluding carboxylic acids is 2. The van der Waals surface area contributed by atoms with E-state index in [1.165, 1.54) is 6.07 Å². The van der Waals surface area contributed by atoms with Crippen molar-refractivity contribution in [3.8, 4) is 0 Å². The van der Waals surface area contributed by atoms with E-state index in [1.54, 1.807) is 18.3 Å². The number of aryl methyl sites for hydroxylation is 2. The van der Waals surface area contributed by atoms with Crippen molar-refractivity contribution in [1.82, 2.24) is 9.88 Å². The summed E-state index contributed by atoms with van der Waals surface area (Å²) < 4.78 is 0. The number of pyridine rings is 1. The van der Waals surface area contributed by atoms with Gasteiger partial charge in [0.15, 0.2) is 0 Å². The quantitative estimate of drug-likeness (QED) is 0.392. The van der Waals surface area contributed by atoms with E-state index in [9.17, 15) is 19.5 Å². The average molecular weight is 576 g/mol. The van der Waals surface area contributed by atoms with Crippen molar-refractivity contribution in [1.29, 1.82) is 0 Å². The predicted octanol–water partition coefficient (Wildman–Crippen LogP) is 4.67. The molecule has 1 saturated heterocycles. The van der Waals surface area contributed by atoms with Crippen LogP contribution in [0.25, 0.3) is 0 Å². The summed E-state index contributed by atoms with van der Waals surface area (Å²) in [6.07, 6.45) is 9.44. The van der Waals surface area contributed by atoms with Crippen LogP contribution in [0.5, 0.6) is 0 Å².